The molecule has 0 bridgehead atoms. The van der Waals surface area contributed by atoms with E-state index in [1.165, 1.54) is 18.0 Å². The van der Waals surface area contributed by atoms with Crippen molar-refractivity contribution < 1.29 is 9.47 Å². The van der Waals surface area contributed by atoms with Gasteiger partial charge in [-0.15, -0.1) is 0 Å². The predicted octanol–water partition coefficient (Wildman–Crippen LogP) is 5.26. The number of halogens is 2. The van der Waals surface area contributed by atoms with E-state index in [0.29, 0.717) is 28.3 Å². The Morgan fingerprint density at radius 1 is 1.09 bits per heavy atom. The zero-order chi connectivity index (χ0) is 22.1. The normalized spacial score (nSPS) is 13.8. The average Bonchev–Trinajstić information content (AvgIpc) is 3.08. The Kier molecular flexibility index (Phi) is 5.87. The first-order valence-corrected chi connectivity index (χ1v) is 11.0. The van der Waals surface area contributed by atoms with Crippen molar-refractivity contribution in [2.24, 2.45) is 13.0 Å². The van der Waals surface area contributed by atoms with Gasteiger partial charge in [0, 0.05) is 19.5 Å². The highest BCUT2D eigenvalue weighted by Crippen LogP contribution is 2.29. The molecule has 1 fully saturated rings. The molecule has 164 valence electrons. The summed E-state index contributed by atoms with van der Waals surface area (Å²) in [7, 11) is 2.02. The van der Waals surface area contributed by atoms with Gasteiger partial charge >= 0.3 is 6.01 Å². The van der Waals surface area contributed by atoms with Crippen LogP contribution < -0.4 is 10.1 Å². The second kappa shape index (κ2) is 8.94. The number of rotatable bonds is 7. The Morgan fingerprint density at radius 2 is 1.88 bits per heavy atom. The van der Waals surface area contributed by atoms with Crippen molar-refractivity contribution in [2.45, 2.75) is 13.0 Å². The number of benzene rings is 2. The summed E-state index contributed by atoms with van der Waals surface area (Å²) in [5, 5.41) is 4.31. The minimum absolute atomic E-state index is 0.186. The van der Waals surface area contributed by atoms with Gasteiger partial charge in [-0.3, -0.25) is 0 Å². The Hall–Kier alpha value is -2.87. The first-order chi connectivity index (χ1) is 15.5. The minimum atomic E-state index is 0.186. The Balaban J connectivity index is 1.27. The van der Waals surface area contributed by atoms with E-state index in [2.05, 4.69) is 38.1 Å². The van der Waals surface area contributed by atoms with Gasteiger partial charge in [0.1, 0.15) is 5.75 Å². The lowest BCUT2D eigenvalue weighted by Gasteiger charge is -2.25. The largest absolute Gasteiger partial charge is 0.423 e. The second-order valence-corrected chi connectivity index (χ2v) is 8.67. The van der Waals surface area contributed by atoms with E-state index in [1.807, 2.05) is 19.2 Å². The van der Waals surface area contributed by atoms with Crippen molar-refractivity contribution >= 4 is 40.2 Å². The van der Waals surface area contributed by atoms with E-state index in [4.69, 9.17) is 37.7 Å². The first kappa shape index (κ1) is 21.0. The van der Waals surface area contributed by atoms with Crippen molar-refractivity contribution in [2.75, 3.05) is 18.5 Å². The third-order valence-electron chi connectivity index (χ3n) is 5.42. The van der Waals surface area contributed by atoms with Crippen LogP contribution in [0, 0.1) is 5.92 Å². The maximum absolute atomic E-state index is 6.40. The lowest BCUT2D eigenvalue weighted by molar-refractivity contribution is -0.0312. The molecule has 5 rings (SSSR count). The Morgan fingerprint density at radius 3 is 2.59 bits per heavy atom. The molecule has 0 spiro atoms. The molecule has 0 unspecified atom stereocenters. The topological polar surface area (TPSA) is 74.1 Å². The number of aryl methyl sites for hydroxylation is 1. The van der Waals surface area contributed by atoms with Crippen LogP contribution in [0.5, 0.6) is 11.8 Å². The summed E-state index contributed by atoms with van der Waals surface area (Å²) >= 11 is 12.2. The van der Waals surface area contributed by atoms with Crippen LogP contribution in [-0.2, 0) is 24.8 Å². The summed E-state index contributed by atoms with van der Waals surface area (Å²) in [4.78, 5) is 12.8. The molecule has 0 saturated carbocycles. The molecule has 0 amide bonds. The molecule has 1 aliphatic rings. The van der Waals surface area contributed by atoms with Crippen molar-refractivity contribution in [1.82, 2.24) is 19.5 Å². The van der Waals surface area contributed by atoms with E-state index < -0.39 is 0 Å². The smallest absolute Gasteiger partial charge is 0.322 e. The maximum Gasteiger partial charge on any atom is 0.322 e. The van der Waals surface area contributed by atoms with Crippen molar-refractivity contribution in [3.63, 3.8) is 0 Å². The fourth-order valence-electron chi connectivity index (χ4n) is 3.63. The van der Waals surface area contributed by atoms with Gasteiger partial charge in [-0.05, 0) is 41.8 Å². The molecular weight excluding hydrogens is 449 g/mol. The number of fused-ring (bicyclic) bond motifs is 1. The highest BCUT2D eigenvalue weighted by atomic mass is 35.5. The summed E-state index contributed by atoms with van der Waals surface area (Å²) in [5.74, 6) is 1.90. The van der Waals surface area contributed by atoms with Gasteiger partial charge in [0.2, 0.25) is 5.95 Å². The summed E-state index contributed by atoms with van der Waals surface area (Å²) in [6.45, 7) is 2.28. The van der Waals surface area contributed by atoms with Gasteiger partial charge in [-0.1, -0.05) is 35.3 Å². The van der Waals surface area contributed by atoms with Crippen molar-refractivity contribution in [3.05, 3.63) is 70.0 Å². The van der Waals surface area contributed by atoms with Gasteiger partial charge < -0.3 is 19.4 Å². The van der Waals surface area contributed by atoms with E-state index in [1.54, 1.807) is 6.07 Å². The molecule has 32 heavy (non-hydrogen) atoms. The van der Waals surface area contributed by atoms with Crippen LogP contribution in [0.2, 0.25) is 10.0 Å². The summed E-state index contributed by atoms with van der Waals surface area (Å²) in [6, 6.07) is 12.2. The number of aromatic nitrogens is 4. The summed E-state index contributed by atoms with van der Waals surface area (Å²) in [5.41, 5.74) is 4.38. The lowest BCUT2D eigenvalue weighted by Crippen LogP contribution is -2.29. The average molecular weight is 470 g/mol. The third-order valence-corrected chi connectivity index (χ3v) is 5.91. The number of nitrogens with one attached hydrogen (secondary N) is 1. The molecule has 0 radical (unpaired) electrons. The number of imidazole rings is 1. The van der Waals surface area contributed by atoms with Crippen LogP contribution in [0.15, 0.2) is 48.8 Å². The minimum Gasteiger partial charge on any atom is -0.423 e. The summed E-state index contributed by atoms with van der Waals surface area (Å²) in [6.07, 6.45) is 3.98. The number of ether oxygens (including phenoxy) is 2. The van der Waals surface area contributed by atoms with Gasteiger partial charge in [0.15, 0.2) is 0 Å². The molecule has 7 nitrogen and oxygen atoms in total. The van der Waals surface area contributed by atoms with Gasteiger partial charge in [0.25, 0.3) is 0 Å². The van der Waals surface area contributed by atoms with E-state index in [0.717, 1.165) is 42.2 Å². The first-order valence-electron chi connectivity index (χ1n) is 10.3. The second-order valence-electron chi connectivity index (χ2n) is 7.83. The zero-order valence-electron chi connectivity index (χ0n) is 17.4. The number of hydrogen-bond donors (Lipinski definition) is 1. The van der Waals surface area contributed by atoms with E-state index in [9.17, 15) is 0 Å². The van der Waals surface area contributed by atoms with Crippen LogP contribution in [0.25, 0.3) is 11.0 Å². The molecule has 2 aromatic carbocycles. The van der Waals surface area contributed by atoms with Crippen LogP contribution in [-0.4, -0.2) is 32.7 Å². The molecule has 1 N–H and O–H groups in total. The molecule has 1 saturated heterocycles. The fraction of sp³-hybridized carbons (Fsp3) is 0.261. The maximum atomic E-state index is 6.40. The number of nitrogens with zero attached hydrogens (tertiary/aromatic N) is 4. The molecule has 3 heterocycles. The monoisotopic (exact) mass is 469 g/mol. The van der Waals surface area contributed by atoms with Crippen LogP contribution in [0.1, 0.15) is 11.1 Å². The molecular formula is C23H21Cl2N5O2. The number of hydrogen-bond acceptors (Lipinski definition) is 6. The Bertz CT molecular complexity index is 1260. The van der Waals surface area contributed by atoms with Crippen molar-refractivity contribution in [1.29, 1.82) is 0 Å². The molecule has 4 aromatic rings. The SMILES string of the molecule is Cn1c(NCc2ccc(Oc3ncc(Cl)cn3)c(Cl)c2)nc2ccc(CC3COC3)cc21. The molecule has 2 aromatic heterocycles. The zero-order valence-corrected chi connectivity index (χ0v) is 18.9. The summed E-state index contributed by atoms with van der Waals surface area (Å²) < 4.78 is 13.0. The quantitative estimate of drug-likeness (QED) is 0.397. The van der Waals surface area contributed by atoms with Crippen LogP contribution in [0.4, 0.5) is 5.95 Å². The molecule has 9 heteroatoms. The van der Waals surface area contributed by atoms with Crippen LogP contribution in [0.3, 0.4) is 0 Å². The fourth-order valence-corrected chi connectivity index (χ4v) is 3.97. The third kappa shape index (κ3) is 4.50. The van der Waals surface area contributed by atoms with Gasteiger partial charge in [-0.25, -0.2) is 15.0 Å². The van der Waals surface area contributed by atoms with Crippen molar-refractivity contribution in [3.8, 4) is 11.8 Å². The predicted molar refractivity (Wildman–Crippen MR) is 125 cm³/mol. The molecule has 1 aliphatic heterocycles. The standard InChI is InChI=1S/C23H21Cl2N5O2/c1-30-20-8-14(6-16-12-31-13-16)2-4-19(20)29-22(30)26-9-15-3-5-21(18(25)7-15)32-23-27-10-17(24)11-28-23/h2-5,7-8,10-11,16H,6,9,12-13H2,1H3,(H,26,29). The van der Waals surface area contributed by atoms with Crippen LogP contribution >= 0.6 is 23.2 Å². The van der Waals surface area contributed by atoms with Gasteiger partial charge in [0.05, 0.1) is 46.7 Å². The molecule has 0 aliphatic carbocycles. The van der Waals surface area contributed by atoms with E-state index in [-0.39, 0.29) is 6.01 Å². The van der Waals surface area contributed by atoms with E-state index >= 15 is 0 Å². The van der Waals surface area contributed by atoms with Gasteiger partial charge in [-0.2, -0.15) is 0 Å². The lowest BCUT2D eigenvalue weighted by atomic mass is 9.98. The Labute approximate surface area is 195 Å². The number of anilines is 1. The highest BCUT2D eigenvalue weighted by Gasteiger charge is 2.19. The highest BCUT2D eigenvalue weighted by molar-refractivity contribution is 6.32. The molecule has 0 atom stereocenters.